The van der Waals surface area contributed by atoms with Gasteiger partial charge in [0.05, 0.1) is 11.1 Å². The summed E-state index contributed by atoms with van der Waals surface area (Å²) >= 11 is 0. The summed E-state index contributed by atoms with van der Waals surface area (Å²) in [5.74, 6) is 0.251. The Bertz CT molecular complexity index is 924. The van der Waals surface area contributed by atoms with E-state index in [1.807, 2.05) is 12.1 Å². The second kappa shape index (κ2) is 6.20. The number of rotatable bonds is 3. The van der Waals surface area contributed by atoms with E-state index in [1.165, 1.54) is 12.1 Å². The molecule has 6 heteroatoms. The second-order valence-electron chi connectivity index (χ2n) is 6.84. The van der Waals surface area contributed by atoms with Gasteiger partial charge in [-0.25, -0.2) is 9.37 Å². The maximum atomic E-state index is 13.7. The molecule has 0 aliphatic heterocycles. The third-order valence-corrected chi connectivity index (χ3v) is 3.83. The Labute approximate surface area is 145 Å². The Morgan fingerprint density at radius 3 is 2.60 bits per heavy atom. The number of nitrogens with zero attached hydrogens (tertiary/aromatic N) is 1. The molecule has 25 heavy (non-hydrogen) atoms. The Hall–Kier alpha value is -2.89. The Morgan fingerprint density at radius 1 is 1.24 bits per heavy atom. The third-order valence-electron chi connectivity index (χ3n) is 3.83. The SMILES string of the molecule is CNc1ccc(-c2[nH]c3ccc(F)cc3c2OC(=O)C(C)(C)C)cn1. The lowest BCUT2D eigenvalue weighted by atomic mass is 9.97. The van der Waals surface area contributed by atoms with Crippen LogP contribution in [0.3, 0.4) is 0 Å². The normalized spacial score (nSPS) is 11.6. The summed E-state index contributed by atoms with van der Waals surface area (Å²) in [6.45, 7) is 5.31. The van der Waals surface area contributed by atoms with Gasteiger partial charge in [-0.3, -0.25) is 4.79 Å². The minimum atomic E-state index is -0.678. The van der Waals surface area contributed by atoms with Crippen molar-refractivity contribution in [3.05, 3.63) is 42.3 Å². The molecule has 0 amide bonds. The van der Waals surface area contributed by atoms with Gasteiger partial charge in [0.15, 0.2) is 5.75 Å². The number of aromatic nitrogens is 2. The standard InChI is InChI=1S/C19H20FN3O2/c1-19(2,3)18(24)25-17-13-9-12(20)6-7-14(13)23-16(17)11-5-8-15(21-4)22-10-11/h5-10,23H,1-4H3,(H,21,22). The number of benzene rings is 1. The number of ether oxygens (including phenoxy) is 1. The first-order chi connectivity index (χ1) is 11.8. The van der Waals surface area contributed by atoms with Crippen molar-refractivity contribution in [1.29, 1.82) is 0 Å². The van der Waals surface area contributed by atoms with E-state index in [0.717, 1.165) is 11.4 Å². The predicted octanol–water partition coefficient (Wildman–Crippen LogP) is 4.36. The number of nitrogens with one attached hydrogen (secondary N) is 2. The molecule has 130 valence electrons. The Morgan fingerprint density at radius 2 is 2.00 bits per heavy atom. The van der Waals surface area contributed by atoms with E-state index in [0.29, 0.717) is 22.3 Å². The summed E-state index contributed by atoms with van der Waals surface area (Å²) in [7, 11) is 1.78. The van der Waals surface area contributed by atoms with E-state index >= 15 is 0 Å². The zero-order valence-corrected chi connectivity index (χ0v) is 14.6. The highest BCUT2D eigenvalue weighted by atomic mass is 19.1. The molecule has 0 atom stereocenters. The molecule has 0 bridgehead atoms. The van der Waals surface area contributed by atoms with Crippen molar-refractivity contribution in [2.24, 2.45) is 5.41 Å². The highest BCUT2D eigenvalue weighted by molar-refractivity contribution is 5.96. The van der Waals surface area contributed by atoms with Gasteiger partial charge < -0.3 is 15.0 Å². The van der Waals surface area contributed by atoms with Crippen molar-refractivity contribution in [3.8, 4) is 17.0 Å². The first kappa shape index (κ1) is 17.0. The van der Waals surface area contributed by atoms with Crippen LogP contribution < -0.4 is 10.1 Å². The molecule has 0 aliphatic carbocycles. The molecule has 3 rings (SSSR count). The van der Waals surface area contributed by atoms with Gasteiger partial charge >= 0.3 is 5.97 Å². The fourth-order valence-electron chi connectivity index (χ4n) is 2.38. The topological polar surface area (TPSA) is 67.0 Å². The smallest absolute Gasteiger partial charge is 0.316 e. The number of esters is 1. The van der Waals surface area contributed by atoms with Crippen LogP contribution in [0.25, 0.3) is 22.2 Å². The quantitative estimate of drug-likeness (QED) is 0.695. The van der Waals surface area contributed by atoms with Crippen molar-refractivity contribution >= 4 is 22.7 Å². The van der Waals surface area contributed by atoms with Gasteiger partial charge in [-0.05, 0) is 51.1 Å². The number of anilines is 1. The van der Waals surface area contributed by atoms with E-state index in [1.54, 1.807) is 40.1 Å². The minimum absolute atomic E-state index is 0.313. The van der Waals surface area contributed by atoms with Gasteiger partial charge in [0.1, 0.15) is 11.6 Å². The number of carbonyl (C=O) groups excluding carboxylic acids is 1. The van der Waals surface area contributed by atoms with Gasteiger partial charge in [-0.1, -0.05) is 0 Å². The average molecular weight is 341 g/mol. The molecule has 2 aromatic heterocycles. The van der Waals surface area contributed by atoms with Crippen molar-refractivity contribution in [2.45, 2.75) is 20.8 Å². The number of pyridine rings is 1. The van der Waals surface area contributed by atoms with Crippen LogP contribution in [0.15, 0.2) is 36.5 Å². The van der Waals surface area contributed by atoms with Gasteiger partial charge in [-0.2, -0.15) is 0 Å². The molecule has 0 spiro atoms. The lowest BCUT2D eigenvalue weighted by molar-refractivity contribution is -0.142. The van der Waals surface area contributed by atoms with Crippen molar-refractivity contribution in [3.63, 3.8) is 0 Å². The molecule has 3 aromatic rings. The maximum Gasteiger partial charge on any atom is 0.316 e. The monoisotopic (exact) mass is 341 g/mol. The fraction of sp³-hybridized carbons (Fsp3) is 0.263. The van der Waals surface area contributed by atoms with Gasteiger partial charge in [0.25, 0.3) is 0 Å². The van der Waals surface area contributed by atoms with E-state index < -0.39 is 17.2 Å². The first-order valence-corrected chi connectivity index (χ1v) is 7.97. The molecule has 5 nitrogen and oxygen atoms in total. The van der Waals surface area contributed by atoms with E-state index in [4.69, 9.17) is 4.74 Å². The lowest BCUT2D eigenvalue weighted by Crippen LogP contribution is -2.25. The van der Waals surface area contributed by atoms with Crippen LogP contribution in [-0.2, 0) is 4.79 Å². The number of fused-ring (bicyclic) bond motifs is 1. The van der Waals surface area contributed by atoms with E-state index in [-0.39, 0.29) is 0 Å². The Balaban J connectivity index is 2.16. The van der Waals surface area contributed by atoms with Crippen LogP contribution in [0.4, 0.5) is 10.2 Å². The Kier molecular flexibility index (Phi) is 4.20. The van der Waals surface area contributed by atoms with Crippen LogP contribution in [0.5, 0.6) is 5.75 Å². The second-order valence-corrected chi connectivity index (χ2v) is 6.84. The number of aromatic amines is 1. The maximum absolute atomic E-state index is 13.7. The molecular formula is C19H20FN3O2. The molecule has 2 N–H and O–H groups in total. The summed E-state index contributed by atoms with van der Waals surface area (Å²) in [5.41, 5.74) is 1.34. The van der Waals surface area contributed by atoms with Crippen molar-refractivity contribution < 1.29 is 13.9 Å². The molecule has 0 fully saturated rings. The van der Waals surface area contributed by atoms with Crippen LogP contribution in [0, 0.1) is 11.2 Å². The fourth-order valence-corrected chi connectivity index (χ4v) is 2.38. The number of halogens is 1. The lowest BCUT2D eigenvalue weighted by Gasteiger charge is -2.17. The molecule has 2 heterocycles. The number of hydrogen-bond acceptors (Lipinski definition) is 4. The minimum Gasteiger partial charge on any atom is -0.423 e. The van der Waals surface area contributed by atoms with Crippen molar-refractivity contribution in [2.75, 3.05) is 12.4 Å². The zero-order chi connectivity index (χ0) is 18.2. The summed E-state index contributed by atoms with van der Waals surface area (Å²) < 4.78 is 19.4. The zero-order valence-electron chi connectivity index (χ0n) is 14.6. The highest BCUT2D eigenvalue weighted by Gasteiger charge is 2.27. The first-order valence-electron chi connectivity index (χ1n) is 7.97. The van der Waals surface area contributed by atoms with Crippen LogP contribution in [0.2, 0.25) is 0 Å². The number of carbonyl (C=O) groups is 1. The van der Waals surface area contributed by atoms with Crippen LogP contribution in [0.1, 0.15) is 20.8 Å². The molecule has 0 unspecified atom stereocenters. The number of hydrogen-bond donors (Lipinski definition) is 2. The largest absolute Gasteiger partial charge is 0.423 e. The van der Waals surface area contributed by atoms with Crippen molar-refractivity contribution in [1.82, 2.24) is 9.97 Å². The molecule has 1 aromatic carbocycles. The van der Waals surface area contributed by atoms with Gasteiger partial charge in [-0.15, -0.1) is 0 Å². The number of H-pyrrole nitrogens is 1. The summed E-state index contributed by atoms with van der Waals surface area (Å²) in [6.07, 6.45) is 1.67. The van der Waals surface area contributed by atoms with Crippen LogP contribution in [-0.4, -0.2) is 23.0 Å². The summed E-state index contributed by atoms with van der Waals surface area (Å²) in [4.78, 5) is 19.9. The summed E-state index contributed by atoms with van der Waals surface area (Å²) in [6, 6.07) is 8.01. The van der Waals surface area contributed by atoms with Gasteiger partial charge in [0.2, 0.25) is 0 Å². The molecule has 0 saturated carbocycles. The average Bonchev–Trinajstić information content (AvgIpc) is 2.92. The van der Waals surface area contributed by atoms with Gasteiger partial charge in [0, 0.05) is 29.7 Å². The highest BCUT2D eigenvalue weighted by Crippen LogP contribution is 2.38. The summed E-state index contributed by atoms with van der Waals surface area (Å²) in [5, 5.41) is 3.47. The molecular weight excluding hydrogens is 321 g/mol. The predicted molar refractivity (Wildman–Crippen MR) is 96.1 cm³/mol. The van der Waals surface area contributed by atoms with E-state index in [9.17, 15) is 9.18 Å². The van der Waals surface area contributed by atoms with Crippen LogP contribution >= 0.6 is 0 Å². The molecule has 0 radical (unpaired) electrons. The van der Waals surface area contributed by atoms with E-state index in [2.05, 4.69) is 15.3 Å². The third kappa shape index (κ3) is 3.33. The molecule has 0 saturated heterocycles. The molecule has 0 aliphatic rings.